The van der Waals surface area contributed by atoms with E-state index in [-0.39, 0.29) is 18.5 Å². The smallest absolute Gasteiger partial charge is 0.322 e. The Balaban J connectivity index is 1.63. The van der Waals surface area contributed by atoms with Crippen molar-refractivity contribution in [1.29, 1.82) is 0 Å². The number of thiophene rings is 1. The lowest BCUT2D eigenvalue weighted by Crippen LogP contribution is -2.46. The molecule has 9 heteroatoms. The summed E-state index contributed by atoms with van der Waals surface area (Å²) in [5, 5.41) is 7.53. The molecular weight excluding hydrogens is 445 g/mol. The van der Waals surface area contributed by atoms with Crippen LogP contribution in [-0.2, 0) is 6.42 Å². The summed E-state index contributed by atoms with van der Waals surface area (Å²) in [5.74, 6) is 0.505. The van der Waals surface area contributed by atoms with Crippen LogP contribution in [0.2, 0.25) is 0 Å². The van der Waals surface area contributed by atoms with Crippen molar-refractivity contribution < 1.29 is 23.5 Å². The highest BCUT2D eigenvalue weighted by molar-refractivity contribution is 7.12. The Kier molecular flexibility index (Phi) is 6.79. The van der Waals surface area contributed by atoms with Gasteiger partial charge in [-0.2, -0.15) is 0 Å². The molecule has 7 nitrogen and oxygen atoms in total. The lowest BCUT2D eigenvalue weighted by Gasteiger charge is -2.37. The fourth-order valence-electron chi connectivity index (χ4n) is 3.94. The van der Waals surface area contributed by atoms with Crippen molar-refractivity contribution in [1.82, 2.24) is 10.2 Å². The van der Waals surface area contributed by atoms with E-state index in [1.165, 1.54) is 29.5 Å². The van der Waals surface area contributed by atoms with E-state index in [9.17, 15) is 14.0 Å². The molecule has 3 amide bonds. The number of nitrogens with zero attached hydrogens (tertiary/aromatic N) is 1. The van der Waals surface area contributed by atoms with Gasteiger partial charge in [-0.15, -0.1) is 11.3 Å². The average Bonchev–Trinajstić information content (AvgIpc) is 3.36. The largest absolute Gasteiger partial charge is 0.493 e. The van der Waals surface area contributed by atoms with Gasteiger partial charge in [0.2, 0.25) is 0 Å². The van der Waals surface area contributed by atoms with Gasteiger partial charge < -0.3 is 25.0 Å². The van der Waals surface area contributed by atoms with Crippen LogP contribution < -0.4 is 20.1 Å². The third-order valence-corrected chi connectivity index (χ3v) is 6.41. The lowest BCUT2D eigenvalue weighted by atomic mass is 9.91. The van der Waals surface area contributed by atoms with Crippen LogP contribution >= 0.6 is 11.3 Å². The highest BCUT2D eigenvalue weighted by atomic mass is 32.1. The molecule has 0 saturated heterocycles. The molecule has 33 heavy (non-hydrogen) atoms. The molecule has 0 bridgehead atoms. The van der Waals surface area contributed by atoms with Crippen molar-refractivity contribution in [3.05, 3.63) is 75.7 Å². The van der Waals surface area contributed by atoms with Gasteiger partial charge in [-0.3, -0.25) is 4.79 Å². The molecule has 1 aliphatic heterocycles. The molecule has 0 spiro atoms. The highest BCUT2D eigenvalue weighted by Crippen LogP contribution is 2.38. The number of nitrogens with one attached hydrogen (secondary N) is 2. The first kappa shape index (κ1) is 22.6. The molecule has 1 atom stereocenters. The predicted molar refractivity (Wildman–Crippen MR) is 125 cm³/mol. The van der Waals surface area contributed by atoms with Crippen molar-refractivity contribution in [3.63, 3.8) is 0 Å². The Hall–Kier alpha value is -3.59. The molecule has 1 aliphatic rings. The van der Waals surface area contributed by atoms with E-state index in [4.69, 9.17) is 9.47 Å². The van der Waals surface area contributed by atoms with Crippen LogP contribution in [0.1, 0.15) is 26.8 Å². The van der Waals surface area contributed by atoms with Crippen LogP contribution in [0.25, 0.3) is 0 Å². The van der Waals surface area contributed by atoms with Gasteiger partial charge in [0.25, 0.3) is 5.91 Å². The zero-order valence-electron chi connectivity index (χ0n) is 18.3. The van der Waals surface area contributed by atoms with Crippen LogP contribution in [0.5, 0.6) is 11.5 Å². The number of halogens is 1. The minimum Gasteiger partial charge on any atom is -0.493 e. The van der Waals surface area contributed by atoms with E-state index < -0.39 is 11.9 Å². The molecule has 172 valence electrons. The second-order valence-electron chi connectivity index (χ2n) is 7.49. The first-order valence-corrected chi connectivity index (χ1v) is 11.3. The SMILES string of the molecule is COc1cc2c(cc1OC)C(CNC(=O)c1cccs1)N(C(=O)Nc1cccc(F)c1)CC2. The number of urea groups is 1. The summed E-state index contributed by atoms with van der Waals surface area (Å²) in [4.78, 5) is 28.0. The van der Waals surface area contributed by atoms with E-state index in [1.54, 1.807) is 31.3 Å². The number of ether oxygens (including phenoxy) is 2. The minimum atomic E-state index is -0.453. The molecule has 0 fully saturated rings. The topological polar surface area (TPSA) is 79.9 Å². The van der Waals surface area contributed by atoms with Gasteiger partial charge in [-0.25, -0.2) is 9.18 Å². The quantitative estimate of drug-likeness (QED) is 0.559. The van der Waals surface area contributed by atoms with Gasteiger partial charge >= 0.3 is 6.03 Å². The predicted octanol–water partition coefficient (Wildman–Crippen LogP) is 4.47. The van der Waals surface area contributed by atoms with Gasteiger partial charge in [0.05, 0.1) is 25.1 Å². The fraction of sp³-hybridized carbons (Fsp3) is 0.250. The molecule has 0 aliphatic carbocycles. The molecule has 4 rings (SSSR count). The first-order chi connectivity index (χ1) is 16.0. The van der Waals surface area contributed by atoms with Crippen molar-refractivity contribution >= 4 is 29.0 Å². The van der Waals surface area contributed by atoms with Crippen LogP contribution in [-0.4, -0.2) is 44.1 Å². The summed E-state index contributed by atoms with van der Waals surface area (Å²) in [6, 6.07) is 12.2. The van der Waals surface area contributed by atoms with E-state index in [2.05, 4.69) is 10.6 Å². The van der Waals surface area contributed by atoms with E-state index in [1.807, 2.05) is 23.6 Å². The Morgan fingerprint density at radius 2 is 1.91 bits per heavy atom. The van der Waals surface area contributed by atoms with Crippen molar-refractivity contribution in [3.8, 4) is 11.5 Å². The number of methoxy groups -OCH3 is 2. The normalized spacial score (nSPS) is 14.9. The second-order valence-corrected chi connectivity index (χ2v) is 8.44. The molecular formula is C24H24FN3O4S. The molecule has 0 radical (unpaired) electrons. The average molecular weight is 470 g/mol. The van der Waals surface area contributed by atoms with E-state index in [0.717, 1.165) is 11.1 Å². The first-order valence-electron chi connectivity index (χ1n) is 10.4. The summed E-state index contributed by atoms with van der Waals surface area (Å²) in [7, 11) is 3.12. The molecule has 1 unspecified atom stereocenters. The van der Waals surface area contributed by atoms with Crippen molar-refractivity contribution in [2.75, 3.05) is 32.6 Å². The molecule has 2 heterocycles. The van der Waals surface area contributed by atoms with Crippen LogP contribution in [0, 0.1) is 5.82 Å². The summed E-state index contributed by atoms with van der Waals surface area (Å²) in [6.45, 7) is 0.624. The number of anilines is 1. The van der Waals surface area contributed by atoms with Gasteiger partial charge in [-0.05, 0) is 59.3 Å². The Morgan fingerprint density at radius 1 is 1.12 bits per heavy atom. The zero-order chi connectivity index (χ0) is 23.4. The molecule has 2 aromatic carbocycles. The third kappa shape index (κ3) is 4.93. The highest BCUT2D eigenvalue weighted by Gasteiger charge is 2.33. The Bertz CT molecular complexity index is 1150. The standard InChI is InChI=1S/C24H24FN3O4S/c1-31-20-11-15-8-9-28(24(30)27-17-6-3-5-16(25)12-17)19(18(15)13-21(20)32-2)14-26-23(29)22-7-4-10-33-22/h3-7,10-13,19H,8-9,14H2,1-2H3,(H,26,29)(H,27,30). The minimum absolute atomic E-state index is 0.204. The van der Waals surface area contributed by atoms with Crippen molar-refractivity contribution in [2.24, 2.45) is 0 Å². The zero-order valence-corrected chi connectivity index (χ0v) is 19.1. The Labute approximate surface area is 195 Å². The molecule has 1 aromatic heterocycles. The monoisotopic (exact) mass is 469 g/mol. The van der Waals surface area contributed by atoms with Gasteiger partial charge in [0, 0.05) is 18.8 Å². The van der Waals surface area contributed by atoms with E-state index in [0.29, 0.717) is 35.0 Å². The number of rotatable bonds is 6. The summed E-state index contributed by atoms with van der Waals surface area (Å²) in [5.41, 5.74) is 2.23. The summed E-state index contributed by atoms with van der Waals surface area (Å²) >= 11 is 1.35. The number of carbonyl (C=O) groups is 2. The maximum atomic E-state index is 13.6. The Morgan fingerprint density at radius 3 is 2.61 bits per heavy atom. The number of hydrogen-bond donors (Lipinski definition) is 2. The van der Waals surface area contributed by atoms with Crippen LogP contribution in [0.15, 0.2) is 53.9 Å². The molecule has 3 aromatic rings. The molecule has 2 N–H and O–H groups in total. The van der Waals surface area contributed by atoms with Gasteiger partial charge in [0.1, 0.15) is 5.82 Å². The van der Waals surface area contributed by atoms with Crippen LogP contribution in [0.3, 0.4) is 0 Å². The molecule has 0 saturated carbocycles. The van der Waals surface area contributed by atoms with Gasteiger partial charge in [0.15, 0.2) is 11.5 Å². The summed E-state index contributed by atoms with van der Waals surface area (Å²) in [6.07, 6.45) is 0.599. The number of fused-ring (bicyclic) bond motifs is 1. The number of hydrogen-bond acceptors (Lipinski definition) is 5. The number of benzene rings is 2. The third-order valence-electron chi connectivity index (χ3n) is 5.54. The van der Waals surface area contributed by atoms with Crippen LogP contribution in [0.4, 0.5) is 14.9 Å². The maximum absolute atomic E-state index is 13.6. The number of amides is 3. The lowest BCUT2D eigenvalue weighted by molar-refractivity contribution is 0.0940. The fourth-order valence-corrected chi connectivity index (χ4v) is 4.58. The number of carbonyl (C=O) groups excluding carboxylic acids is 2. The van der Waals surface area contributed by atoms with Crippen molar-refractivity contribution in [2.45, 2.75) is 12.5 Å². The maximum Gasteiger partial charge on any atom is 0.322 e. The van der Waals surface area contributed by atoms with E-state index >= 15 is 0 Å². The summed E-state index contributed by atoms with van der Waals surface area (Å²) < 4.78 is 24.5. The van der Waals surface area contributed by atoms with Gasteiger partial charge in [-0.1, -0.05) is 12.1 Å². The second kappa shape index (κ2) is 9.91.